The fourth-order valence-electron chi connectivity index (χ4n) is 1.87. The largest absolute Gasteiger partial charge is 0.491 e. The van der Waals surface area contributed by atoms with Crippen molar-refractivity contribution in [3.63, 3.8) is 0 Å². The number of ether oxygens (including phenoxy) is 1. The summed E-state index contributed by atoms with van der Waals surface area (Å²) in [5.74, 6) is -5.77. The van der Waals surface area contributed by atoms with Gasteiger partial charge in [-0.2, -0.15) is 4.39 Å². The molecular weight excluding hydrogens is 288 g/mol. The Bertz CT molecular complexity index is 699. The fourth-order valence-corrected chi connectivity index (χ4v) is 1.87. The molecule has 0 saturated heterocycles. The number of rotatable bonds is 4. The Morgan fingerprint density at radius 2 is 1.48 bits per heavy atom. The van der Waals surface area contributed by atoms with Gasteiger partial charge >= 0.3 is 0 Å². The van der Waals surface area contributed by atoms with Crippen molar-refractivity contribution in [1.82, 2.24) is 0 Å². The smallest absolute Gasteiger partial charge is 0.201 e. The second kappa shape index (κ2) is 5.95. The van der Waals surface area contributed by atoms with Crippen LogP contribution in [0.3, 0.4) is 0 Å². The molecule has 0 radical (unpaired) electrons. The molecule has 0 atom stereocenters. The van der Waals surface area contributed by atoms with Gasteiger partial charge in [0.25, 0.3) is 0 Å². The summed E-state index contributed by atoms with van der Waals surface area (Å²) in [7, 11) is 0. The number of carbonyl (C=O) groups excluding carboxylic acids is 1. The summed E-state index contributed by atoms with van der Waals surface area (Å²) in [6.07, 6.45) is 0.136. The molecule has 0 heterocycles. The summed E-state index contributed by atoms with van der Waals surface area (Å²) in [5, 5.41) is 0. The second-order valence-electron chi connectivity index (χ2n) is 4.12. The highest BCUT2D eigenvalue weighted by Gasteiger charge is 2.20. The van der Waals surface area contributed by atoms with Gasteiger partial charge in [-0.15, -0.1) is 0 Å². The third-order valence-electron chi connectivity index (χ3n) is 2.88. The van der Waals surface area contributed by atoms with E-state index in [1.807, 2.05) is 0 Å². The Morgan fingerprint density at radius 1 is 0.905 bits per heavy atom. The van der Waals surface area contributed by atoms with E-state index in [9.17, 15) is 22.4 Å². The first kappa shape index (κ1) is 15.0. The Labute approximate surface area is 118 Å². The lowest BCUT2D eigenvalue weighted by molar-refractivity contribution is 0.111. The van der Waals surface area contributed by atoms with Crippen molar-refractivity contribution in [2.75, 3.05) is 6.61 Å². The monoisotopic (exact) mass is 298 g/mol. The molecule has 0 bridgehead atoms. The van der Waals surface area contributed by atoms with Gasteiger partial charge in [0.2, 0.25) is 5.82 Å². The van der Waals surface area contributed by atoms with Crippen LogP contribution in [0.2, 0.25) is 0 Å². The molecule has 0 saturated carbocycles. The second-order valence-corrected chi connectivity index (χ2v) is 4.12. The van der Waals surface area contributed by atoms with E-state index in [4.69, 9.17) is 4.74 Å². The van der Waals surface area contributed by atoms with Gasteiger partial charge in [0.1, 0.15) is 0 Å². The van der Waals surface area contributed by atoms with E-state index in [0.717, 1.165) is 24.3 Å². The molecule has 0 amide bonds. The molecule has 2 aromatic rings. The van der Waals surface area contributed by atoms with Crippen molar-refractivity contribution in [1.29, 1.82) is 0 Å². The van der Waals surface area contributed by atoms with Crippen molar-refractivity contribution in [3.05, 3.63) is 53.1 Å². The summed E-state index contributed by atoms with van der Waals surface area (Å²) in [6, 6.07) is 4.22. The fraction of sp³-hybridized carbons (Fsp3) is 0.133. The van der Waals surface area contributed by atoms with Gasteiger partial charge in [-0.25, -0.2) is 13.2 Å². The molecule has 6 heteroatoms. The zero-order valence-corrected chi connectivity index (χ0v) is 10.9. The average Bonchev–Trinajstić information content (AvgIpc) is 2.48. The molecule has 2 nitrogen and oxygen atoms in total. The zero-order chi connectivity index (χ0) is 15.6. The molecule has 0 unspecified atom stereocenters. The summed E-state index contributed by atoms with van der Waals surface area (Å²) >= 11 is 0. The minimum Gasteiger partial charge on any atom is -0.491 e. The first-order valence-electron chi connectivity index (χ1n) is 6.05. The molecule has 21 heavy (non-hydrogen) atoms. The number of benzene rings is 2. The molecule has 0 fully saturated rings. The molecule has 0 aliphatic heterocycles. The normalized spacial score (nSPS) is 10.5. The quantitative estimate of drug-likeness (QED) is 0.627. The summed E-state index contributed by atoms with van der Waals surface area (Å²) in [5.41, 5.74) is -1.43. The highest BCUT2D eigenvalue weighted by Crippen LogP contribution is 2.32. The van der Waals surface area contributed by atoms with Crippen LogP contribution in [-0.4, -0.2) is 12.9 Å². The van der Waals surface area contributed by atoms with Crippen molar-refractivity contribution in [2.45, 2.75) is 6.92 Å². The highest BCUT2D eigenvalue weighted by molar-refractivity contribution is 5.78. The standard InChI is InChI=1S/C15H10F4O2/c1-2-21-11-6-5-10(14(18)15(11)19)9-4-3-8(7-20)12(16)13(9)17/h3-7H,2H2,1H3. The lowest BCUT2D eigenvalue weighted by Gasteiger charge is -2.10. The molecule has 0 N–H and O–H groups in total. The minimum absolute atomic E-state index is 0.132. The Balaban J connectivity index is 2.60. The van der Waals surface area contributed by atoms with E-state index < -0.39 is 40.0 Å². The average molecular weight is 298 g/mol. The van der Waals surface area contributed by atoms with Crippen molar-refractivity contribution >= 4 is 6.29 Å². The van der Waals surface area contributed by atoms with E-state index >= 15 is 0 Å². The summed E-state index contributed by atoms with van der Waals surface area (Å²) < 4.78 is 59.9. The van der Waals surface area contributed by atoms with Crippen molar-refractivity contribution < 1.29 is 27.1 Å². The molecule has 0 aliphatic rings. The predicted molar refractivity (Wildman–Crippen MR) is 68.3 cm³/mol. The maximum absolute atomic E-state index is 14.0. The van der Waals surface area contributed by atoms with E-state index in [0.29, 0.717) is 0 Å². The third-order valence-corrected chi connectivity index (χ3v) is 2.88. The molecule has 2 rings (SSSR count). The summed E-state index contributed by atoms with van der Waals surface area (Å²) in [4.78, 5) is 10.5. The lowest BCUT2D eigenvalue weighted by atomic mass is 10.0. The zero-order valence-electron chi connectivity index (χ0n) is 10.9. The minimum atomic E-state index is -1.41. The Hall–Kier alpha value is -2.37. The molecule has 0 aromatic heterocycles. The van der Waals surface area contributed by atoms with E-state index in [1.165, 1.54) is 0 Å². The predicted octanol–water partition coefficient (Wildman–Crippen LogP) is 4.12. The number of carbonyl (C=O) groups is 1. The van der Waals surface area contributed by atoms with Crippen LogP contribution in [0, 0.1) is 23.3 Å². The van der Waals surface area contributed by atoms with E-state index in [2.05, 4.69) is 0 Å². The van der Waals surface area contributed by atoms with Gasteiger partial charge in [-0.05, 0) is 25.1 Å². The Kier molecular flexibility index (Phi) is 4.26. The van der Waals surface area contributed by atoms with E-state index in [1.54, 1.807) is 6.92 Å². The lowest BCUT2D eigenvalue weighted by Crippen LogP contribution is -2.01. The number of halogens is 4. The third kappa shape index (κ3) is 2.61. The molecule has 110 valence electrons. The highest BCUT2D eigenvalue weighted by atomic mass is 19.2. The molecule has 2 aromatic carbocycles. The van der Waals surface area contributed by atoms with Gasteiger partial charge < -0.3 is 4.74 Å². The van der Waals surface area contributed by atoms with E-state index in [-0.39, 0.29) is 18.6 Å². The van der Waals surface area contributed by atoms with Crippen LogP contribution in [0.5, 0.6) is 5.75 Å². The van der Waals surface area contributed by atoms with Crippen LogP contribution in [0.25, 0.3) is 11.1 Å². The van der Waals surface area contributed by atoms with Crippen LogP contribution >= 0.6 is 0 Å². The van der Waals surface area contributed by atoms with Gasteiger partial charge in [0.15, 0.2) is 29.5 Å². The van der Waals surface area contributed by atoms with Crippen LogP contribution < -0.4 is 4.74 Å². The van der Waals surface area contributed by atoms with Crippen LogP contribution in [0.1, 0.15) is 17.3 Å². The number of aldehydes is 1. The van der Waals surface area contributed by atoms with Crippen molar-refractivity contribution in [2.24, 2.45) is 0 Å². The van der Waals surface area contributed by atoms with Crippen LogP contribution in [0.15, 0.2) is 24.3 Å². The van der Waals surface area contributed by atoms with Gasteiger partial charge in [-0.3, -0.25) is 4.79 Å². The topological polar surface area (TPSA) is 26.3 Å². The maximum Gasteiger partial charge on any atom is 0.201 e. The first-order valence-corrected chi connectivity index (χ1v) is 6.05. The van der Waals surface area contributed by atoms with Gasteiger partial charge in [0.05, 0.1) is 12.2 Å². The number of hydrogen-bond donors (Lipinski definition) is 0. The van der Waals surface area contributed by atoms with Crippen LogP contribution in [-0.2, 0) is 0 Å². The Morgan fingerprint density at radius 3 is 2.05 bits per heavy atom. The SMILES string of the molecule is CCOc1ccc(-c2ccc(C=O)c(F)c2F)c(F)c1F. The van der Waals surface area contributed by atoms with Gasteiger partial charge in [-0.1, -0.05) is 6.07 Å². The molecule has 0 spiro atoms. The number of hydrogen-bond acceptors (Lipinski definition) is 2. The molecule has 0 aliphatic carbocycles. The summed E-state index contributed by atoms with van der Waals surface area (Å²) in [6.45, 7) is 1.73. The first-order chi connectivity index (χ1) is 10.0. The molecular formula is C15H10F4O2. The van der Waals surface area contributed by atoms with Gasteiger partial charge in [0, 0.05) is 11.1 Å². The van der Waals surface area contributed by atoms with Crippen LogP contribution in [0.4, 0.5) is 17.6 Å². The van der Waals surface area contributed by atoms with Crippen molar-refractivity contribution in [3.8, 4) is 16.9 Å². The maximum atomic E-state index is 14.0.